The minimum atomic E-state index is -4.46. The molecule has 0 N–H and O–H groups in total. The Balaban J connectivity index is 1.81. The molecule has 1 aliphatic heterocycles. The number of halogens is 3. The zero-order chi connectivity index (χ0) is 21.9. The quantitative estimate of drug-likeness (QED) is 0.624. The molecule has 0 spiro atoms. The highest BCUT2D eigenvalue weighted by atomic mass is 32.2. The number of carbonyl (C=O) groups is 1. The van der Waals surface area contributed by atoms with Gasteiger partial charge in [0.1, 0.15) is 11.5 Å². The van der Waals surface area contributed by atoms with Crippen LogP contribution in [0.25, 0.3) is 11.3 Å². The zero-order valence-electron chi connectivity index (χ0n) is 16.6. The molecule has 1 fully saturated rings. The van der Waals surface area contributed by atoms with Gasteiger partial charge in [0.2, 0.25) is 5.91 Å². The van der Waals surface area contributed by atoms with Gasteiger partial charge in [-0.2, -0.15) is 13.2 Å². The van der Waals surface area contributed by atoms with Crippen molar-refractivity contribution in [3.05, 3.63) is 47.7 Å². The number of benzene rings is 1. The van der Waals surface area contributed by atoms with E-state index in [0.717, 1.165) is 18.6 Å². The normalized spacial score (nSPS) is 18.5. The Bertz CT molecular complexity index is 998. The molecule has 30 heavy (non-hydrogen) atoms. The predicted octanol–water partition coefficient (Wildman–Crippen LogP) is 4.67. The highest BCUT2D eigenvalue weighted by Crippen LogP contribution is 2.33. The van der Waals surface area contributed by atoms with Gasteiger partial charge in [0.25, 0.3) is 0 Å². The van der Waals surface area contributed by atoms with Gasteiger partial charge in [0, 0.05) is 18.0 Å². The first-order valence-corrected chi connectivity index (χ1v) is 11.7. The van der Waals surface area contributed by atoms with Crippen LogP contribution < -0.4 is 0 Å². The summed E-state index contributed by atoms with van der Waals surface area (Å²) in [6.07, 6.45) is -2.23. The van der Waals surface area contributed by atoms with Gasteiger partial charge in [-0.25, -0.2) is 8.42 Å². The van der Waals surface area contributed by atoms with Crippen molar-refractivity contribution in [1.82, 2.24) is 4.90 Å². The second kappa shape index (κ2) is 8.83. The summed E-state index contributed by atoms with van der Waals surface area (Å²) >= 11 is 0. The molecule has 1 aliphatic rings. The van der Waals surface area contributed by atoms with Crippen molar-refractivity contribution in [3.63, 3.8) is 0 Å². The zero-order valence-corrected chi connectivity index (χ0v) is 17.4. The Morgan fingerprint density at radius 3 is 2.63 bits per heavy atom. The predicted molar refractivity (Wildman–Crippen MR) is 106 cm³/mol. The third-order valence-electron chi connectivity index (χ3n) is 5.18. The lowest BCUT2D eigenvalue weighted by atomic mass is 10.1. The van der Waals surface area contributed by atoms with Gasteiger partial charge in [0.05, 0.1) is 23.6 Å². The fraction of sp³-hybridized carbons (Fsp3) is 0.476. The second-order valence-corrected chi connectivity index (χ2v) is 9.76. The van der Waals surface area contributed by atoms with E-state index in [2.05, 4.69) is 0 Å². The van der Waals surface area contributed by atoms with Crippen molar-refractivity contribution in [1.29, 1.82) is 0 Å². The Morgan fingerprint density at radius 1 is 1.23 bits per heavy atom. The van der Waals surface area contributed by atoms with Crippen LogP contribution in [0.4, 0.5) is 13.2 Å². The van der Waals surface area contributed by atoms with Crippen LogP contribution in [0.1, 0.15) is 43.9 Å². The number of carbonyl (C=O) groups excluding carboxylic acids is 1. The van der Waals surface area contributed by atoms with Gasteiger partial charge in [-0.3, -0.25) is 4.79 Å². The molecule has 2 aromatic rings. The van der Waals surface area contributed by atoms with Crippen molar-refractivity contribution in [2.24, 2.45) is 0 Å². The number of hydrogen-bond donors (Lipinski definition) is 0. The molecule has 5 nitrogen and oxygen atoms in total. The highest BCUT2D eigenvalue weighted by molar-refractivity contribution is 7.91. The van der Waals surface area contributed by atoms with E-state index in [0.29, 0.717) is 25.0 Å². The molecular formula is C21H24F3NO4S. The summed E-state index contributed by atoms with van der Waals surface area (Å²) in [5.41, 5.74) is -0.492. The minimum absolute atomic E-state index is 0.0445. The number of hydrogen-bond acceptors (Lipinski definition) is 4. The molecule has 3 rings (SSSR count). The monoisotopic (exact) mass is 443 g/mol. The molecule has 0 saturated carbocycles. The third-order valence-corrected chi connectivity index (χ3v) is 6.93. The smallest absolute Gasteiger partial charge is 0.416 e. The van der Waals surface area contributed by atoms with E-state index in [4.69, 9.17) is 4.42 Å². The number of rotatable bonds is 7. The van der Waals surface area contributed by atoms with Crippen molar-refractivity contribution < 1.29 is 30.8 Å². The van der Waals surface area contributed by atoms with Gasteiger partial charge < -0.3 is 9.32 Å². The number of nitrogens with zero attached hydrogens (tertiary/aromatic N) is 1. The van der Waals surface area contributed by atoms with Gasteiger partial charge in [-0.15, -0.1) is 0 Å². The maximum Gasteiger partial charge on any atom is 0.416 e. The molecule has 9 heteroatoms. The summed E-state index contributed by atoms with van der Waals surface area (Å²) in [5.74, 6) is 0.484. The lowest BCUT2D eigenvalue weighted by Gasteiger charge is -2.27. The van der Waals surface area contributed by atoms with Crippen LogP contribution in [0.15, 0.2) is 40.8 Å². The number of unbranched alkanes of at least 4 members (excludes halogenated alkanes) is 1. The number of furan rings is 1. The van der Waals surface area contributed by atoms with Crippen LogP contribution >= 0.6 is 0 Å². The summed E-state index contributed by atoms with van der Waals surface area (Å²) < 4.78 is 68.4. The first kappa shape index (κ1) is 22.4. The van der Waals surface area contributed by atoms with E-state index in [1.165, 1.54) is 17.0 Å². The topological polar surface area (TPSA) is 67.6 Å². The van der Waals surface area contributed by atoms with Crippen molar-refractivity contribution in [2.75, 3.05) is 11.5 Å². The summed E-state index contributed by atoms with van der Waals surface area (Å²) in [4.78, 5) is 14.2. The van der Waals surface area contributed by atoms with Crippen LogP contribution in [0.5, 0.6) is 0 Å². The average molecular weight is 443 g/mol. The van der Waals surface area contributed by atoms with Crippen LogP contribution in [0.2, 0.25) is 0 Å². The lowest BCUT2D eigenvalue weighted by molar-refractivity contribution is -0.137. The molecule has 0 aliphatic carbocycles. The summed E-state index contributed by atoms with van der Waals surface area (Å²) in [5, 5.41) is 0. The third kappa shape index (κ3) is 5.44. The van der Waals surface area contributed by atoms with Gasteiger partial charge in [-0.1, -0.05) is 25.5 Å². The molecular weight excluding hydrogens is 419 g/mol. The van der Waals surface area contributed by atoms with E-state index in [-0.39, 0.29) is 35.3 Å². The fourth-order valence-corrected chi connectivity index (χ4v) is 5.28. The Hall–Kier alpha value is -2.29. The van der Waals surface area contributed by atoms with Gasteiger partial charge >= 0.3 is 6.18 Å². The molecule has 1 saturated heterocycles. The average Bonchev–Trinajstić information content (AvgIpc) is 3.29. The van der Waals surface area contributed by atoms with E-state index < -0.39 is 27.6 Å². The summed E-state index contributed by atoms with van der Waals surface area (Å²) in [7, 11) is -3.17. The van der Waals surface area contributed by atoms with Crippen molar-refractivity contribution >= 4 is 15.7 Å². The van der Waals surface area contributed by atoms with Crippen LogP contribution in [0.3, 0.4) is 0 Å². The molecule has 0 bridgehead atoms. The largest absolute Gasteiger partial charge is 0.459 e. The first-order valence-electron chi connectivity index (χ1n) is 9.85. The van der Waals surface area contributed by atoms with Gasteiger partial charge in [-0.05, 0) is 37.1 Å². The Morgan fingerprint density at radius 2 is 2.00 bits per heavy atom. The number of sulfone groups is 1. The van der Waals surface area contributed by atoms with Crippen molar-refractivity contribution in [3.8, 4) is 11.3 Å². The first-order chi connectivity index (χ1) is 14.1. The fourth-order valence-electron chi connectivity index (χ4n) is 3.55. The standard InChI is InChI=1S/C21H24F3NO4S/c1-2-3-7-20(26)25(17-10-11-30(27,28)14-17)13-18-8-9-19(29-18)15-5-4-6-16(12-15)21(22,23)24/h4-6,8-9,12,17H,2-3,7,10-11,13-14H2,1H3/t17-/m1/s1. The van der Waals surface area contributed by atoms with Crippen LogP contribution in [-0.2, 0) is 27.4 Å². The molecule has 0 radical (unpaired) electrons. The lowest BCUT2D eigenvalue weighted by Crippen LogP contribution is -2.40. The molecule has 0 unspecified atom stereocenters. The van der Waals surface area contributed by atoms with Gasteiger partial charge in [0.15, 0.2) is 9.84 Å². The number of amides is 1. The van der Waals surface area contributed by atoms with Crippen LogP contribution in [0, 0.1) is 0 Å². The molecule has 2 heterocycles. The van der Waals surface area contributed by atoms with E-state index >= 15 is 0 Å². The highest BCUT2D eigenvalue weighted by Gasteiger charge is 2.35. The molecule has 1 aromatic carbocycles. The van der Waals surface area contributed by atoms with E-state index in [9.17, 15) is 26.4 Å². The number of alkyl halides is 3. The maximum absolute atomic E-state index is 13.0. The molecule has 1 amide bonds. The SMILES string of the molecule is CCCCC(=O)N(Cc1ccc(-c2cccc(C(F)(F)F)c2)o1)[C@@H]1CCS(=O)(=O)C1. The molecule has 1 atom stereocenters. The van der Waals surface area contributed by atoms with Crippen molar-refractivity contribution in [2.45, 2.75) is 51.4 Å². The van der Waals surface area contributed by atoms with E-state index in [1.807, 2.05) is 6.92 Å². The molecule has 1 aromatic heterocycles. The maximum atomic E-state index is 13.0. The molecule has 164 valence electrons. The van der Waals surface area contributed by atoms with Crippen LogP contribution in [-0.4, -0.2) is 36.8 Å². The Kier molecular flexibility index (Phi) is 6.59. The minimum Gasteiger partial charge on any atom is -0.459 e. The second-order valence-electron chi connectivity index (χ2n) is 7.53. The Labute approximate surface area is 173 Å². The van der Waals surface area contributed by atoms with E-state index in [1.54, 1.807) is 12.1 Å². The summed E-state index contributed by atoms with van der Waals surface area (Å²) in [6, 6.07) is 7.58. The summed E-state index contributed by atoms with van der Waals surface area (Å²) in [6.45, 7) is 2.05.